The summed E-state index contributed by atoms with van der Waals surface area (Å²) < 4.78 is 5.28. The molecule has 0 aliphatic heterocycles. The number of pyridine rings is 1. The molecule has 0 spiro atoms. The third-order valence-electron chi connectivity index (χ3n) is 2.47. The maximum Gasteiger partial charge on any atom is 0.218 e. The van der Waals surface area contributed by atoms with Crippen molar-refractivity contribution in [1.82, 2.24) is 10.3 Å². The lowest BCUT2D eigenvalue weighted by molar-refractivity contribution is 0.388. The number of nitrogens with zero attached hydrogens (tertiary/aromatic N) is 1. The summed E-state index contributed by atoms with van der Waals surface area (Å²) in [5.41, 5.74) is 2.30. The van der Waals surface area contributed by atoms with E-state index in [1.165, 1.54) is 5.56 Å². The Balaban J connectivity index is 2.41. The van der Waals surface area contributed by atoms with E-state index >= 15 is 0 Å². The van der Waals surface area contributed by atoms with Crippen LogP contribution in [0, 0.1) is 0 Å². The lowest BCUT2D eigenvalue weighted by Crippen LogP contribution is -2.18. The average Bonchev–Trinajstić information content (AvgIpc) is 2.84. The highest BCUT2D eigenvalue weighted by atomic mass is 32.1. The van der Waals surface area contributed by atoms with Crippen molar-refractivity contribution in [3.05, 3.63) is 46.3 Å². The first-order chi connectivity index (χ1) is 7.86. The molecule has 1 atom stereocenters. The number of hydrogen-bond donors (Lipinski definition) is 1. The summed E-state index contributed by atoms with van der Waals surface area (Å²) in [6, 6.07) is 6.20. The number of thiophene rings is 1. The molecule has 3 nitrogen and oxygen atoms in total. The minimum atomic E-state index is 0.134. The smallest absolute Gasteiger partial charge is 0.218 e. The molecule has 2 rings (SSSR count). The molecule has 2 aromatic rings. The molecule has 2 heterocycles. The molecule has 0 aliphatic carbocycles. The Kier molecular flexibility index (Phi) is 3.54. The monoisotopic (exact) mass is 234 g/mol. The summed E-state index contributed by atoms with van der Waals surface area (Å²) in [5, 5.41) is 7.49. The van der Waals surface area contributed by atoms with Crippen LogP contribution >= 0.6 is 11.3 Å². The Labute approximate surface area is 99.1 Å². The molecule has 84 valence electrons. The quantitative estimate of drug-likeness (QED) is 0.882. The van der Waals surface area contributed by atoms with Gasteiger partial charge in [-0.15, -0.1) is 0 Å². The van der Waals surface area contributed by atoms with Gasteiger partial charge in [-0.25, -0.2) is 4.98 Å². The Hall–Kier alpha value is -1.39. The molecule has 0 saturated carbocycles. The first-order valence-corrected chi connectivity index (χ1v) is 5.99. The van der Waals surface area contributed by atoms with E-state index in [4.69, 9.17) is 4.74 Å². The first-order valence-electron chi connectivity index (χ1n) is 5.05. The van der Waals surface area contributed by atoms with Gasteiger partial charge in [0.15, 0.2) is 0 Å². The SMILES string of the molecule is CNC(c1ccsc1)c1cccnc1OC. The molecule has 4 heteroatoms. The van der Waals surface area contributed by atoms with Crippen molar-refractivity contribution in [2.75, 3.05) is 14.2 Å². The predicted octanol–water partition coefficient (Wildman–Crippen LogP) is 2.46. The van der Waals surface area contributed by atoms with Crippen LogP contribution in [0.15, 0.2) is 35.2 Å². The van der Waals surface area contributed by atoms with Crippen LogP contribution < -0.4 is 10.1 Å². The van der Waals surface area contributed by atoms with Crippen LogP contribution in [0.25, 0.3) is 0 Å². The number of aromatic nitrogens is 1. The number of hydrogen-bond acceptors (Lipinski definition) is 4. The third kappa shape index (κ3) is 2.08. The van der Waals surface area contributed by atoms with E-state index in [1.807, 2.05) is 19.2 Å². The highest BCUT2D eigenvalue weighted by Crippen LogP contribution is 2.28. The zero-order valence-corrected chi connectivity index (χ0v) is 10.1. The molecule has 0 saturated heterocycles. The van der Waals surface area contributed by atoms with Crippen LogP contribution in [0.5, 0.6) is 5.88 Å². The zero-order chi connectivity index (χ0) is 11.4. The summed E-state index contributed by atoms with van der Waals surface area (Å²) >= 11 is 1.69. The molecule has 0 bridgehead atoms. The highest BCUT2D eigenvalue weighted by molar-refractivity contribution is 7.08. The Morgan fingerprint density at radius 3 is 2.94 bits per heavy atom. The second kappa shape index (κ2) is 5.09. The molecule has 16 heavy (non-hydrogen) atoms. The normalized spacial score (nSPS) is 12.4. The van der Waals surface area contributed by atoms with E-state index in [-0.39, 0.29) is 6.04 Å². The molecule has 0 aromatic carbocycles. The Bertz CT molecular complexity index is 442. The zero-order valence-electron chi connectivity index (χ0n) is 9.31. The fraction of sp³-hybridized carbons (Fsp3) is 0.250. The van der Waals surface area contributed by atoms with Gasteiger partial charge in [0, 0.05) is 11.8 Å². The van der Waals surface area contributed by atoms with Crippen LogP contribution in [-0.2, 0) is 0 Å². The van der Waals surface area contributed by atoms with Gasteiger partial charge in [0.2, 0.25) is 5.88 Å². The van der Waals surface area contributed by atoms with Gasteiger partial charge in [0.25, 0.3) is 0 Å². The van der Waals surface area contributed by atoms with Crippen molar-refractivity contribution in [1.29, 1.82) is 0 Å². The van der Waals surface area contributed by atoms with E-state index in [1.54, 1.807) is 24.6 Å². The number of rotatable bonds is 4. The second-order valence-corrected chi connectivity index (χ2v) is 4.16. The highest BCUT2D eigenvalue weighted by Gasteiger charge is 2.16. The molecular weight excluding hydrogens is 220 g/mol. The molecule has 0 aliphatic rings. The fourth-order valence-corrected chi connectivity index (χ4v) is 2.42. The van der Waals surface area contributed by atoms with Crippen molar-refractivity contribution in [2.45, 2.75) is 6.04 Å². The molecule has 1 N–H and O–H groups in total. The summed E-state index contributed by atoms with van der Waals surface area (Å²) in [5.74, 6) is 0.674. The maximum absolute atomic E-state index is 5.28. The van der Waals surface area contributed by atoms with Crippen LogP contribution in [0.4, 0.5) is 0 Å². The van der Waals surface area contributed by atoms with Gasteiger partial charge in [-0.05, 0) is 35.5 Å². The van der Waals surface area contributed by atoms with Gasteiger partial charge < -0.3 is 10.1 Å². The van der Waals surface area contributed by atoms with E-state index < -0.39 is 0 Å². The Morgan fingerprint density at radius 2 is 2.31 bits per heavy atom. The van der Waals surface area contributed by atoms with Gasteiger partial charge in [-0.1, -0.05) is 6.07 Å². The molecule has 2 aromatic heterocycles. The van der Waals surface area contributed by atoms with E-state index in [9.17, 15) is 0 Å². The fourth-order valence-electron chi connectivity index (χ4n) is 1.73. The van der Waals surface area contributed by atoms with E-state index in [0.717, 1.165) is 5.56 Å². The summed E-state index contributed by atoms with van der Waals surface area (Å²) in [6.45, 7) is 0. The summed E-state index contributed by atoms with van der Waals surface area (Å²) in [4.78, 5) is 4.22. The van der Waals surface area contributed by atoms with E-state index in [2.05, 4.69) is 27.1 Å². The van der Waals surface area contributed by atoms with Crippen LogP contribution in [-0.4, -0.2) is 19.1 Å². The first kappa shape index (κ1) is 11.1. The lowest BCUT2D eigenvalue weighted by Gasteiger charge is -2.17. The van der Waals surface area contributed by atoms with Crippen molar-refractivity contribution in [3.8, 4) is 5.88 Å². The lowest BCUT2D eigenvalue weighted by atomic mass is 10.0. The van der Waals surface area contributed by atoms with Crippen molar-refractivity contribution >= 4 is 11.3 Å². The van der Waals surface area contributed by atoms with Gasteiger partial charge >= 0.3 is 0 Å². The standard InChI is InChI=1S/C12H14N2OS/c1-13-11(9-5-7-16-8-9)10-4-3-6-14-12(10)15-2/h3-8,11,13H,1-2H3. The van der Waals surface area contributed by atoms with Gasteiger partial charge in [-0.2, -0.15) is 11.3 Å². The molecule has 0 amide bonds. The van der Waals surface area contributed by atoms with Gasteiger partial charge in [0.1, 0.15) is 0 Å². The second-order valence-electron chi connectivity index (χ2n) is 3.38. The van der Waals surface area contributed by atoms with Crippen molar-refractivity contribution in [3.63, 3.8) is 0 Å². The minimum absolute atomic E-state index is 0.134. The van der Waals surface area contributed by atoms with Crippen LogP contribution in [0.2, 0.25) is 0 Å². The largest absolute Gasteiger partial charge is 0.481 e. The molecular formula is C12H14N2OS. The van der Waals surface area contributed by atoms with Gasteiger partial charge in [0.05, 0.1) is 13.2 Å². The Morgan fingerprint density at radius 1 is 1.44 bits per heavy atom. The topological polar surface area (TPSA) is 34.2 Å². The van der Waals surface area contributed by atoms with E-state index in [0.29, 0.717) is 5.88 Å². The van der Waals surface area contributed by atoms with Crippen molar-refractivity contribution < 1.29 is 4.74 Å². The minimum Gasteiger partial charge on any atom is -0.481 e. The van der Waals surface area contributed by atoms with Crippen LogP contribution in [0.1, 0.15) is 17.2 Å². The van der Waals surface area contributed by atoms with Crippen LogP contribution in [0.3, 0.4) is 0 Å². The van der Waals surface area contributed by atoms with Crippen molar-refractivity contribution in [2.24, 2.45) is 0 Å². The number of ether oxygens (including phenoxy) is 1. The molecule has 1 unspecified atom stereocenters. The predicted molar refractivity (Wildman–Crippen MR) is 66.0 cm³/mol. The maximum atomic E-state index is 5.28. The van der Waals surface area contributed by atoms with Gasteiger partial charge in [-0.3, -0.25) is 0 Å². The average molecular weight is 234 g/mol. The summed E-state index contributed by atoms with van der Waals surface area (Å²) in [7, 11) is 3.58. The summed E-state index contributed by atoms with van der Waals surface area (Å²) in [6.07, 6.45) is 1.74. The number of methoxy groups -OCH3 is 1. The molecule has 0 radical (unpaired) electrons. The number of nitrogens with one attached hydrogen (secondary N) is 1. The third-order valence-corrected chi connectivity index (χ3v) is 3.17. The molecule has 0 fully saturated rings.